The average molecular weight is 404 g/mol. The first-order valence-electron chi connectivity index (χ1n) is 10.0. The van der Waals surface area contributed by atoms with Crippen molar-refractivity contribution in [1.82, 2.24) is 15.6 Å². The summed E-state index contributed by atoms with van der Waals surface area (Å²) in [5.41, 5.74) is 4.92. The van der Waals surface area contributed by atoms with Crippen LogP contribution in [0.25, 0.3) is 0 Å². The zero-order valence-electron chi connectivity index (χ0n) is 18.5. The van der Waals surface area contributed by atoms with E-state index < -0.39 is 0 Å². The molecular formula is C22H37N5S. The van der Waals surface area contributed by atoms with Crippen molar-refractivity contribution >= 4 is 23.7 Å². The molecule has 28 heavy (non-hydrogen) atoms. The zero-order valence-corrected chi connectivity index (χ0v) is 19.4. The molecule has 2 N–H and O–H groups in total. The molecule has 0 aromatic heterocycles. The number of allylic oxidation sites excluding steroid dienone is 2. The average Bonchev–Trinajstić information content (AvgIpc) is 2.66. The SMILES string of the molecule is CCC(CC)C1=CC(C)=NN(/C(=C\NC)C(SCC=N/C=C\NC)=C(C)C)C1. The van der Waals surface area contributed by atoms with Gasteiger partial charge in [-0.2, -0.15) is 5.10 Å². The summed E-state index contributed by atoms with van der Waals surface area (Å²) in [5, 5.41) is 13.1. The molecule has 0 saturated carbocycles. The van der Waals surface area contributed by atoms with Crippen LogP contribution in [-0.2, 0) is 0 Å². The molecule has 0 aliphatic carbocycles. The van der Waals surface area contributed by atoms with E-state index in [0.717, 1.165) is 36.5 Å². The first-order valence-corrected chi connectivity index (χ1v) is 11.0. The summed E-state index contributed by atoms with van der Waals surface area (Å²) in [7, 11) is 3.80. The van der Waals surface area contributed by atoms with Gasteiger partial charge in [-0.05, 0) is 51.2 Å². The molecule has 0 bridgehead atoms. The van der Waals surface area contributed by atoms with Crippen LogP contribution in [0.5, 0.6) is 0 Å². The predicted molar refractivity (Wildman–Crippen MR) is 127 cm³/mol. The van der Waals surface area contributed by atoms with Gasteiger partial charge in [-0.15, -0.1) is 11.8 Å². The smallest absolute Gasteiger partial charge is 0.0889 e. The molecule has 0 fully saturated rings. The summed E-state index contributed by atoms with van der Waals surface area (Å²) >= 11 is 1.79. The summed E-state index contributed by atoms with van der Waals surface area (Å²) < 4.78 is 0. The normalized spacial score (nSPS) is 15.3. The topological polar surface area (TPSA) is 52.0 Å². The lowest BCUT2D eigenvalue weighted by Gasteiger charge is -2.31. The molecule has 0 saturated heterocycles. The van der Waals surface area contributed by atoms with E-state index in [1.165, 1.54) is 16.1 Å². The molecule has 1 aliphatic heterocycles. The molecule has 0 unspecified atom stereocenters. The zero-order chi connectivity index (χ0) is 20.9. The molecule has 1 aliphatic rings. The van der Waals surface area contributed by atoms with E-state index in [-0.39, 0.29) is 0 Å². The Morgan fingerprint density at radius 3 is 2.57 bits per heavy atom. The highest BCUT2D eigenvalue weighted by Crippen LogP contribution is 2.33. The number of nitrogens with one attached hydrogen (secondary N) is 2. The third-order valence-corrected chi connectivity index (χ3v) is 5.72. The van der Waals surface area contributed by atoms with E-state index in [4.69, 9.17) is 5.10 Å². The minimum atomic E-state index is 0.609. The van der Waals surface area contributed by atoms with Gasteiger partial charge < -0.3 is 10.6 Å². The molecule has 1 heterocycles. The van der Waals surface area contributed by atoms with Crippen molar-refractivity contribution in [3.63, 3.8) is 0 Å². The van der Waals surface area contributed by atoms with Gasteiger partial charge in [0.05, 0.1) is 18.0 Å². The predicted octanol–water partition coefficient (Wildman–Crippen LogP) is 4.89. The molecule has 1 rings (SSSR count). The van der Waals surface area contributed by atoms with Gasteiger partial charge in [0.1, 0.15) is 0 Å². The maximum Gasteiger partial charge on any atom is 0.0889 e. The number of hydrazone groups is 1. The van der Waals surface area contributed by atoms with E-state index in [2.05, 4.69) is 67.5 Å². The summed E-state index contributed by atoms with van der Waals surface area (Å²) in [5.74, 6) is 1.42. The fourth-order valence-corrected chi connectivity index (χ4v) is 4.08. The van der Waals surface area contributed by atoms with Crippen molar-refractivity contribution in [3.8, 4) is 0 Å². The molecule has 0 amide bonds. The number of aliphatic imine (C=N–C) groups is 1. The Morgan fingerprint density at radius 2 is 2.00 bits per heavy atom. The first kappa shape index (κ1) is 24.1. The first-order chi connectivity index (χ1) is 13.5. The lowest BCUT2D eigenvalue weighted by molar-refractivity contribution is 0.372. The molecule has 6 heteroatoms. The standard InChI is InChI=1S/C22H37N5S/c1-8-19(9-2)20-14-18(5)26-27(16-20)21(15-24-7)22(17(3)4)28-13-12-25-11-10-23-6/h10-12,14-15,19,23-24H,8-9,13,16H2,1-7H3/b11-10-,21-15-,25-12?. The van der Waals surface area contributed by atoms with Crippen LogP contribution in [0.4, 0.5) is 0 Å². The molecule has 0 aromatic carbocycles. The van der Waals surface area contributed by atoms with Crippen LogP contribution in [0, 0.1) is 5.92 Å². The third-order valence-electron chi connectivity index (χ3n) is 4.50. The second-order valence-electron chi connectivity index (χ2n) is 6.93. The molecular weight excluding hydrogens is 366 g/mol. The Kier molecular flexibility index (Phi) is 11.4. The van der Waals surface area contributed by atoms with Gasteiger partial charge in [-0.25, -0.2) is 0 Å². The van der Waals surface area contributed by atoms with E-state index in [0.29, 0.717) is 5.92 Å². The van der Waals surface area contributed by atoms with Crippen molar-refractivity contribution in [2.24, 2.45) is 16.0 Å². The van der Waals surface area contributed by atoms with Crippen molar-refractivity contribution in [2.45, 2.75) is 47.5 Å². The van der Waals surface area contributed by atoms with Gasteiger partial charge >= 0.3 is 0 Å². The molecule has 5 nitrogen and oxygen atoms in total. The largest absolute Gasteiger partial charge is 0.393 e. The molecule has 0 aromatic rings. The number of hydrogen-bond acceptors (Lipinski definition) is 6. The highest BCUT2D eigenvalue weighted by molar-refractivity contribution is 8.03. The monoisotopic (exact) mass is 403 g/mol. The highest BCUT2D eigenvalue weighted by Gasteiger charge is 2.22. The maximum absolute atomic E-state index is 4.84. The molecule has 0 radical (unpaired) electrons. The van der Waals surface area contributed by atoms with Crippen molar-refractivity contribution in [1.29, 1.82) is 0 Å². The number of nitrogens with zero attached hydrogens (tertiary/aromatic N) is 3. The Balaban J connectivity index is 3.05. The van der Waals surface area contributed by atoms with E-state index in [9.17, 15) is 0 Å². The Hall–Kier alpha value is -1.95. The van der Waals surface area contributed by atoms with Gasteiger partial charge in [0, 0.05) is 49.6 Å². The van der Waals surface area contributed by atoms with Gasteiger partial charge in [0.25, 0.3) is 0 Å². The van der Waals surface area contributed by atoms with E-state index in [1.807, 2.05) is 26.5 Å². The lowest BCUT2D eigenvalue weighted by atomic mass is 9.91. The summed E-state index contributed by atoms with van der Waals surface area (Å²) in [4.78, 5) is 5.52. The van der Waals surface area contributed by atoms with Crippen LogP contribution in [0.1, 0.15) is 47.5 Å². The summed E-state index contributed by atoms with van der Waals surface area (Å²) in [6.07, 6.45) is 12.1. The number of hydrogen-bond donors (Lipinski definition) is 2. The fourth-order valence-electron chi connectivity index (χ4n) is 3.15. The van der Waals surface area contributed by atoms with Crippen LogP contribution in [0.3, 0.4) is 0 Å². The Bertz CT molecular complexity index is 662. The summed E-state index contributed by atoms with van der Waals surface area (Å²) in [6, 6.07) is 0. The van der Waals surface area contributed by atoms with Crippen molar-refractivity contribution in [3.05, 3.63) is 46.4 Å². The van der Waals surface area contributed by atoms with Gasteiger partial charge in [-0.1, -0.05) is 19.4 Å². The summed E-state index contributed by atoms with van der Waals surface area (Å²) in [6.45, 7) is 11.8. The van der Waals surface area contributed by atoms with Gasteiger partial charge in [0.15, 0.2) is 0 Å². The maximum atomic E-state index is 4.84. The van der Waals surface area contributed by atoms with Crippen LogP contribution in [0.15, 0.2) is 56.5 Å². The van der Waals surface area contributed by atoms with Crippen LogP contribution in [0.2, 0.25) is 0 Å². The van der Waals surface area contributed by atoms with Crippen LogP contribution < -0.4 is 10.6 Å². The highest BCUT2D eigenvalue weighted by atomic mass is 32.2. The molecule has 0 spiro atoms. The third kappa shape index (κ3) is 7.58. The second kappa shape index (κ2) is 13.3. The van der Waals surface area contributed by atoms with E-state index in [1.54, 1.807) is 18.0 Å². The lowest BCUT2D eigenvalue weighted by Crippen LogP contribution is -2.29. The fraction of sp³-hybridized carbons (Fsp3) is 0.545. The number of thioether (sulfide) groups is 1. The minimum Gasteiger partial charge on any atom is -0.393 e. The van der Waals surface area contributed by atoms with Crippen LogP contribution >= 0.6 is 11.8 Å². The van der Waals surface area contributed by atoms with Gasteiger partial charge in [0.2, 0.25) is 0 Å². The minimum absolute atomic E-state index is 0.609. The Morgan fingerprint density at radius 1 is 1.29 bits per heavy atom. The molecule has 0 atom stereocenters. The van der Waals surface area contributed by atoms with Crippen LogP contribution in [-0.4, -0.2) is 43.3 Å². The van der Waals surface area contributed by atoms with Crippen molar-refractivity contribution < 1.29 is 0 Å². The molecule has 156 valence electrons. The number of rotatable bonds is 11. The van der Waals surface area contributed by atoms with E-state index >= 15 is 0 Å². The Labute approximate surface area is 175 Å². The van der Waals surface area contributed by atoms with Crippen molar-refractivity contribution in [2.75, 3.05) is 26.4 Å². The van der Waals surface area contributed by atoms with Gasteiger partial charge in [-0.3, -0.25) is 10.0 Å². The second-order valence-corrected chi connectivity index (χ2v) is 7.96. The quantitative estimate of drug-likeness (QED) is 0.381.